The molecule has 1 N–H and O–H groups in total. The van der Waals surface area contributed by atoms with Gasteiger partial charge in [-0.25, -0.2) is 0 Å². The van der Waals surface area contributed by atoms with Crippen LogP contribution in [0.1, 0.15) is 67.8 Å². The van der Waals surface area contributed by atoms with Crippen molar-refractivity contribution in [2.75, 3.05) is 33.3 Å². The molecule has 5 heteroatoms. The number of hydrogen-bond acceptors (Lipinski definition) is 4. The van der Waals surface area contributed by atoms with E-state index in [9.17, 15) is 9.90 Å². The number of ether oxygens (including phenoxy) is 1. The number of aryl methyl sites for hydroxylation is 1. The number of likely N-dealkylation sites (tertiary alicyclic amines) is 1. The molecule has 166 valence electrons. The molecule has 2 saturated heterocycles. The Bertz CT molecular complexity index is 721. The van der Waals surface area contributed by atoms with Crippen LogP contribution in [0.5, 0.6) is 0 Å². The average Bonchev–Trinajstić information content (AvgIpc) is 3.16. The quantitative estimate of drug-likeness (QED) is 0.801. The maximum atomic E-state index is 13.1. The highest BCUT2D eigenvalue weighted by Crippen LogP contribution is 2.42. The molecule has 3 aliphatic rings. The first kappa shape index (κ1) is 21.8. The average molecular weight is 415 g/mol. The third kappa shape index (κ3) is 4.74. The summed E-state index contributed by atoms with van der Waals surface area (Å²) in [6.45, 7) is 5.60. The minimum absolute atomic E-state index is 0.0992. The highest BCUT2D eigenvalue weighted by atomic mass is 16.5. The molecule has 0 radical (unpaired) electrons. The van der Waals surface area contributed by atoms with Crippen molar-refractivity contribution in [1.82, 2.24) is 9.80 Å². The van der Waals surface area contributed by atoms with Gasteiger partial charge in [0, 0.05) is 31.2 Å². The van der Waals surface area contributed by atoms with Crippen molar-refractivity contribution in [1.29, 1.82) is 0 Å². The fourth-order valence-electron chi connectivity index (χ4n) is 5.72. The van der Waals surface area contributed by atoms with E-state index in [1.807, 2.05) is 23.1 Å². The van der Waals surface area contributed by atoms with Crippen LogP contribution < -0.4 is 0 Å². The van der Waals surface area contributed by atoms with Crippen LogP contribution in [-0.4, -0.2) is 72.4 Å². The second-order valence-electron chi connectivity index (χ2n) is 9.84. The monoisotopic (exact) mass is 414 g/mol. The van der Waals surface area contributed by atoms with E-state index in [-0.39, 0.29) is 17.4 Å². The van der Waals surface area contributed by atoms with Crippen molar-refractivity contribution in [3.63, 3.8) is 0 Å². The number of likely N-dealkylation sites (N-methyl/N-ethyl adjacent to an activating group) is 1. The summed E-state index contributed by atoms with van der Waals surface area (Å²) in [6.07, 6.45) is 8.32. The number of hydrogen-bond donors (Lipinski definition) is 1. The lowest BCUT2D eigenvalue weighted by molar-refractivity contribution is 0.0336. The summed E-state index contributed by atoms with van der Waals surface area (Å²) in [4.78, 5) is 17.6. The van der Waals surface area contributed by atoms with Gasteiger partial charge in [0.15, 0.2) is 0 Å². The molecule has 1 aliphatic carbocycles. The molecule has 1 aromatic rings. The Balaban J connectivity index is 1.28. The van der Waals surface area contributed by atoms with E-state index in [1.54, 1.807) is 0 Å². The maximum absolute atomic E-state index is 13.1. The third-order valence-corrected chi connectivity index (χ3v) is 7.81. The molecule has 1 aromatic carbocycles. The van der Waals surface area contributed by atoms with Gasteiger partial charge in [-0.15, -0.1) is 0 Å². The van der Waals surface area contributed by atoms with E-state index in [1.165, 1.54) is 0 Å². The van der Waals surface area contributed by atoms with Crippen molar-refractivity contribution in [2.24, 2.45) is 5.41 Å². The Hall–Kier alpha value is -1.43. The summed E-state index contributed by atoms with van der Waals surface area (Å²) in [7, 11) is 2.21. The van der Waals surface area contributed by atoms with Crippen LogP contribution in [0.4, 0.5) is 0 Å². The van der Waals surface area contributed by atoms with Crippen molar-refractivity contribution in [3.8, 4) is 0 Å². The van der Waals surface area contributed by atoms with Gasteiger partial charge >= 0.3 is 0 Å². The number of amides is 1. The van der Waals surface area contributed by atoms with Crippen LogP contribution in [0.2, 0.25) is 0 Å². The first-order valence-corrected chi connectivity index (χ1v) is 11.9. The number of benzene rings is 1. The molecule has 0 aromatic heterocycles. The van der Waals surface area contributed by atoms with Gasteiger partial charge in [0.25, 0.3) is 5.91 Å². The van der Waals surface area contributed by atoms with E-state index in [4.69, 9.17) is 4.74 Å². The van der Waals surface area contributed by atoms with Gasteiger partial charge < -0.3 is 19.6 Å². The summed E-state index contributed by atoms with van der Waals surface area (Å²) >= 11 is 0. The Morgan fingerprint density at radius 3 is 2.60 bits per heavy atom. The predicted octanol–water partition coefficient (Wildman–Crippen LogP) is 3.50. The second kappa shape index (κ2) is 9.37. The number of carbonyl (C=O) groups is 1. The van der Waals surface area contributed by atoms with Crippen LogP contribution in [-0.2, 0) is 11.2 Å². The number of carbonyl (C=O) groups excluding carboxylic acids is 1. The topological polar surface area (TPSA) is 53.0 Å². The highest BCUT2D eigenvalue weighted by Gasteiger charge is 2.43. The molecule has 1 amide bonds. The molecule has 1 spiro atoms. The summed E-state index contributed by atoms with van der Waals surface area (Å²) in [5, 5.41) is 9.75. The van der Waals surface area contributed by atoms with Gasteiger partial charge in [-0.3, -0.25) is 4.79 Å². The summed E-state index contributed by atoms with van der Waals surface area (Å²) in [5.41, 5.74) is 2.26. The number of aliphatic hydroxyl groups excluding tert-OH is 1. The number of rotatable bonds is 5. The first-order chi connectivity index (χ1) is 14.5. The van der Waals surface area contributed by atoms with Gasteiger partial charge in [-0.2, -0.15) is 0 Å². The van der Waals surface area contributed by atoms with Gasteiger partial charge in [0.05, 0.1) is 18.8 Å². The molecule has 3 fully saturated rings. The Labute approximate surface area is 181 Å². The lowest BCUT2D eigenvalue weighted by atomic mass is 9.76. The highest BCUT2D eigenvalue weighted by molar-refractivity contribution is 5.95. The molecule has 5 nitrogen and oxygen atoms in total. The van der Waals surface area contributed by atoms with Crippen LogP contribution >= 0.6 is 0 Å². The van der Waals surface area contributed by atoms with E-state index >= 15 is 0 Å². The molecular formula is C25H38N2O3. The number of aliphatic hydroxyl groups is 1. The zero-order valence-corrected chi connectivity index (χ0v) is 18.7. The number of nitrogens with zero attached hydrogens (tertiary/aromatic N) is 2. The number of piperidine rings is 1. The second-order valence-corrected chi connectivity index (χ2v) is 9.84. The standard InChI is InChI=1S/C25H38N2O3/c1-3-19-6-4-5-7-23(19)24(29)27-14-12-25(13-15-27)16-22(30-18-25)17-26(2)20-8-10-21(28)11-9-20/h4-7,20-22,28H,3,8-18H2,1-2H3. The summed E-state index contributed by atoms with van der Waals surface area (Å²) < 4.78 is 6.25. The minimum atomic E-state index is -0.0992. The van der Waals surface area contributed by atoms with Crippen molar-refractivity contribution >= 4 is 5.91 Å². The van der Waals surface area contributed by atoms with Crippen LogP contribution in [0.15, 0.2) is 24.3 Å². The SMILES string of the molecule is CCc1ccccc1C(=O)N1CCC2(CC1)COC(CN(C)C1CCC(O)CC1)C2. The fourth-order valence-corrected chi connectivity index (χ4v) is 5.72. The molecule has 1 unspecified atom stereocenters. The maximum Gasteiger partial charge on any atom is 0.254 e. The Morgan fingerprint density at radius 1 is 1.20 bits per heavy atom. The first-order valence-electron chi connectivity index (χ1n) is 11.9. The molecule has 1 atom stereocenters. The molecule has 0 bridgehead atoms. The summed E-state index contributed by atoms with van der Waals surface area (Å²) in [6, 6.07) is 8.60. The van der Waals surface area contributed by atoms with Crippen molar-refractivity contribution < 1.29 is 14.6 Å². The fraction of sp³-hybridized carbons (Fsp3) is 0.720. The minimum Gasteiger partial charge on any atom is -0.393 e. The van der Waals surface area contributed by atoms with E-state index in [0.717, 1.165) is 88.7 Å². The normalized spacial score (nSPS) is 28.9. The Morgan fingerprint density at radius 2 is 1.90 bits per heavy atom. The Kier molecular flexibility index (Phi) is 6.81. The van der Waals surface area contributed by atoms with Crippen LogP contribution in [0.3, 0.4) is 0 Å². The summed E-state index contributed by atoms with van der Waals surface area (Å²) in [5.74, 6) is 0.192. The molecular weight excluding hydrogens is 376 g/mol. The lowest BCUT2D eigenvalue weighted by Crippen LogP contribution is -2.44. The van der Waals surface area contributed by atoms with Gasteiger partial charge in [0.1, 0.15) is 0 Å². The van der Waals surface area contributed by atoms with Gasteiger partial charge in [-0.05, 0) is 75.5 Å². The molecule has 1 saturated carbocycles. The third-order valence-electron chi connectivity index (χ3n) is 7.81. The van der Waals surface area contributed by atoms with Crippen LogP contribution in [0, 0.1) is 5.41 Å². The van der Waals surface area contributed by atoms with Gasteiger partial charge in [0.2, 0.25) is 0 Å². The predicted molar refractivity (Wildman–Crippen MR) is 119 cm³/mol. The van der Waals surface area contributed by atoms with E-state index in [2.05, 4.69) is 24.9 Å². The zero-order valence-electron chi connectivity index (χ0n) is 18.7. The largest absolute Gasteiger partial charge is 0.393 e. The van der Waals surface area contributed by atoms with E-state index in [0.29, 0.717) is 12.1 Å². The van der Waals surface area contributed by atoms with E-state index < -0.39 is 0 Å². The lowest BCUT2D eigenvalue weighted by Gasteiger charge is -2.39. The molecule has 30 heavy (non-hydrogen) atoms. The van der Waals surface area contributed by atoms with Crippen LogP contribution in [0.25, 0.3) is 0 Å². The zero-order chi connectivity index (χ0) is 21.1. The molecule has 2 aliphatic heterocycles. The molecule has 4 rings (SSSR count). The smallest absolute Gasteiger partial charge is 0.254 e. The molecule has 2 heterocycles. The van der Waals surface area contributed by atoms with Crippen molar-refractivity contribution in [3.05, 3.63) is 35.4 Å². The van der Waals surface area contributed by atoms with Crippen molar-refractivity contribution in [2.45, 2.75) is 76.5 Å². The van der Waals surface area contributed by atoms with Gasteiger partial charge in [-0.1, -0.05) is 25.1 Å².